The first-order valence-electron chi connectivity index (χ1n) is 9.78. The van der Waals surface area contributed by atoms with Gasteiger partial charge in [0.15, 0.2) is 0 Å². The van der Waals surface area contributed by atoms with Crippen molar-refractivity contribution in [2.45, 2.75) is 45.4 Å². The van der Waals surface area contributed by atoms with Gasteiger partial charge in [-0.25, -0.2) is 9.67 Å². The van der Waals surface area contributed by atoms with Crippen LogP contribution < -0.4 is 10.1 Å². The van der Waals surface area contributed by atoms with E-state index in [2.05, 4.69) is 20.6 Å². The van der Waals surface area contributed by atoms with E-state index in [1.807, 2.05) is 26.8 Å². The molecule has 1 saturated heterocycles. The van der Waals surface area contributed by atoms with Crippen molar-refractivity contribution < 1.29 is 19.4 Å². The molecule has 1 aliphatic rings. The zero-order valence-corrected chi connectivity index (χ0v) is 17.9. The molecule has 1 aliphatic heterocycles. The fourth-order valence-corrected chi connectivity index (χ4v) is 3.70. The summed E-state index contributed by atoms with van der Waals surface area (Å²) >= 11 is 0. The van der Waals surface area contributed by atoms with Gasteiger partial charge in [-0.3, -0.25) is 9.59 Å². The Morgan fingerprint density at radius 2 is 2.07 bits per heavy atom. The number of β-amino-alcohol motifs (C(OH)–C–C–N with tert-alkyl or cyclic N) is 1. The Bertz CT molecular complexity index is 905. The molecule has 0 saturated carbocycles. The molecule has 0 bridgehead atoms. The molecule has 2 N–H and O–H groups in total. The van der Waals surface area contributed by atoms with Crippen LogP contribution in [0.5, 0.6) is 5.88 Å². The van der Waals surface area contributed by atoms with E-state index in [9.17, 15) is 14.7 Å². The zero-order valence-electron chi connectivity index (χ0n) is 17.9. The second kappa shape index (κ2) is 8.39. The number of pyridine rings is 1. The maximum atomic E-state index is 13.5. The van der Waals surface area contributed by atoms with Gasteiger partial charge in [-0.05, 0) is 11.5 Å². The third kappa shape index (κ3) is 4.28. The predicted molar refractivity (Wildman–Crippen MR) is 108 cm³/mol. The fraction of sp³-hybridized carbons (Fsp3) is 0.550. The Kier molecular flexibility index (Phi) is 6.06. The van der Waals surface area contributed by atoms with E-state index in [0.717, 1.165) is 5.56 Å². The Labute approximate surface area is 175 Å². The Morgan fingerprint density at radius 3 is 2.63 bits per heavy atom. The molecule has 0 aromatic carbocycles. The molecule has 162 valence electrons. The fourth-order valence-electron chi connectivity index (χ4n) is 3.70. The number of hydrogen-bond acceptors (Lipinski definition) is 7. The van der Waals surface area contributed by atoms with Gasteiger partial charge < -0.3 is 20.1 Å². The molecular formula is C20H28N6O4. The molecule has 2 unspecified atom stereocenters. The van der Waals surface area contributed by atoms with Crippen molar-refractivity contribution in [2.24, 2.45) is 5.41 Å². The van der Waals surface area contributed by atoms with E-state index in [-0.39, 0.29) is 24.8 Å². The molecule has 30 heavy (non-hydrogen) atoms. The Morgan fingerprint density at radius 1 is 1.33 bits per heavy atom. The van der Waals surface area contributed by atoms with E-state index in [4.69, 9.17) is 4.74 Å². The summed E-state index contributed by atoms with van der Waals surface area (Å²) in [5, 5.41) is 21.1. The second-order valence-corrected chi connectivity index (χ2v) is 8.45. The van der Waals surface area contributed by atoms with Crippen LogP contribution in [-0.2, 0) is 9.59 Å². The number of nitrogens with one attached hydrogen (secondary N) is 1. The van der Waals surface area contributed by atoms with Crippen LogP contribution >= 0.6 is 0 Å². The predicted octanol–water partition coefficient (Wildman–Crippen LogP) is 0.644. The monoisotopic (exact) mass is 416 g/mol. The molecule has 2 aromatic rings. The van der Waals surface area contributed by atoms with E-state index >= 15 is 0 Å². The molecule has 0 aliphatic carbocycles. The molecule has 0 spiro atoms. The molecule has 2 aromatic heterocycles. The highest BCUT2D eigenvalue weighted by Crippen LogP contribution is 2.35. The van der Waals surface area contributed by atoms with Crippen LogP contribution in [0.2, 0.25) is 0 Å². The molecule has 10 nitrogen and oxygen atoms in total. The summed E-state index contributed by atoms with van der Waals surface area (Å²) in [5.41, 5.74) is 0.791. The van der Waals surface area contributed by atoms with Gasteiger partial charge in [0.2, 0.25) is 17.7 Å². The molecule has 3 rings (SSSR count). The number of carbonyl (C=O) groups is 2. The van der Waals surface area contributed by atoms with Crippen LogP contribution in [-0.4, -0.2) is 74.6 Å². The van der Waals surface area contributed by atoms with Gasteiger partial charge >= 0.3 is 0 Å². The van der Waals surface area contributed by atoms with Crippen molar-refractivity contribution in [3.8, 4) is 17.1 Å². The van der Waals surface area contributed by atoms with Crippen LogP contribution in [0.25, 0.3) is 11.3 Å². The number of aliphatic hydroxyl groups excluding tert-OH is 1. The lowest BCUT2D eigenvalue weighted by Gasteiger charge is -2.34. The van der Waals surface area contributed by atoms with Crippen molar-refractivity contribution >= 4 is 11.8 Å². The van der Waals surface area contributed by atoms with E-state index in [0.29, 0.717) is 11.6 Å². The van der Waals surface area contributed by atoms with Crippen LogP contribution in [0, 0.1) is 5.41 Å². The average molecular weight is 416 g/mol. The van der Waals surface area contributed by atoms with Crippen LogP contribution in [0.15, 0.2) is 24.5 Å². The summed E-state index contributed by atoms with van der Waals surface area (Å²) in [6, 6.07) is 2.12. The number of nitrogens with zero attached hydrogens (tertiary/aromatic N) is 5. The number of likely N-dealkylation sites (N-methyl/N-ethyl adjacent to an activating group) is 1. The van der Waals surface area contributed by atoms with Gasteiger partial charge in [0.25, 0.3) is 0 Å². The maximum absolute atomic E-state index is 13.5. The Balaban J connectivity index is 1.92. The number of aliphatic hydroxyl groups is 1. The number of carbonyl (C=O) groups excluding carboxylic acids is 2. The first kappa shape index (κ1) is 21.7. The number of ether oxygens (including phenoxy) is 1. The van der Waals surface area contributed by atoms with Gasteiger partial charge in [0.1, 0.15) is 17.8 Å². The topological polar surface area (TPSA) is 122 Å². The quantitative estimate of drug-likeness (QED) is 0.733. The summed E-state index contributed by atoms with van der Waals surface area (Å²) in [7, 11) is 3.06. The summed E-state index contributed by atoms with van der Waals surface area (Å²) < 4.78 is 6.59. The third-order valence-corrected chi connectivity index (χ3v) is 5.18. The van der Waals surface area contributed by atoms with Gasteiger partial charge in [-0.15, -0.1) is 5.10 Å². The van der Waals surface area contributed by atoms with E-state index in [1.165, 1.54) is 16.6 Å². The van der Waals surface area contributed by atoms with Crippen molar-refractivity contribution in [1.29, 1.82) is 0 Å². The van der Waals surface area contributed by atoms with E-state index in [1.54, 1.807) is 25.6 Å². The number of rotatable bonds is 5. The average Bonchev–Trinajstić information content (AvgIpc) is 3.33. The minimum Gasteiger partial charge on any atom is -0.481 e. The van der Waals surface area contributed by atoms with Crippen LogP contribution in [0.1, 0.15) is 33.2 Å². The standard InChI is InChI=1S/C20H28N6O4/c1-20(2,3)17(19(29)25-10-13(27)8-15(25)18(28)21-4)26-11-14(23-24-26)12-6-7-16(30-5)22-9-12/h6-7,9,11,13,15,17,27H,8,10H2,1-5H3,(H,21,28)/t13?,15?,17-/m1/s1. The van der Waals surface area contributed by atoms with Gasteiger partial charge in [-0.1, -0.05) is 26.0 Å². The highest BCUT2D eigenvalue weighted by atomic mass is 16.5. The highest BCUT2D eigenvalue weighted by molar-refractivity contribution is 5.90. The summed E-state index contributed by atoms with van der Waals surface area (Å²) in [5.74, 6) is -0.0881. The Hall–Kier alpha value is -3.01. The number of aromatic nitrogens is 4. The minimum atomic E-state index is -0.742. The number of likely N-dealkylation sites (tertiary alicyclic amines) is 1. The minimum absolute atomic E-state index is 0.105. The van der Waals surface area contributed by atoms with Crippen LogP contribution in [0.4, 0.5) is 0 Å². The first-order chi connectivity index (χ1) is 14.2. The van der Waals surface area contributed by atoms with Crippen molar-refractivity contribution in [2.75, 3.05) is 20.7 Å². The molecular weight excluding hydrogens is 388 g/mol. The first-order valence-corrected chi connectivity index (χ1v) is 9.78. The third-order valence-electron chi connectivity index (χ3n) is 5.18. The second-order valence-electron chi connectivity index (χ2n) is 8.45. The lowest BCUT2D eigenvalue weighted by molar-refractivity contribution is -0.144. The summed E-state index contributed by atoms with van der Waals surface area (Å²) in [6.45, 7) is 5.88. The van der Waals surface area contributed by atoms with Gasteiger partial charge in [0, 0.05) is 37.8 Å². The lowest BCUT2D eigenvalue weighted by Crippen LogP contribution is -2.49. The van der Waals surface area contributed by atoms with Gasteiger partial charge in [0.05, 0.1) is 19.4 Å². The molecule has 0 radical (unpaired) electrons. The molecule has 3 atom stereocenters. The SMILES string of the molecule is CNC(=O)C1CC(O)CN1C(=O)[C@@H](n1cc(-c2ccc(OC)nc2)nn1)C(C)(C)C. The van der Waals surface area contributed by atoms with Gasteiger partial charge in [-0.2, -0.15) is 0 Å². The van der Waals surface area contributed by atoms with Crippen molar-refractivity contribution in [1.82, 2.24) is 30.2 Å². The van der Waals surface area contributed by atoms with Crippen LogP contribution in [0.3, 0.4) is 0 Å². The largest absolute Gasteiger partial charge is 0.481 e. The number of methoxy groups -OCH3 is 1. The normalized spacial score (nSPS) is 20.1. The lowest BCUT2D eigenvalue weighted by atomic mass is 9.85. The smallest absolute Gasteiger partial charge is 0.248 e. The molecule has 10 heteroatoms. The van der Waals surface area contributed by atoms with Crippen molar-refractivity contribution in [3.63, 3.8) is 0 Å². The molecule has 1 fully saturated rings. The number of amides is 2. The number of hydrogen-bond donors (Lipinski definition) is 2. The molecule has 3 heterocycles. The molecule has 2 amide bonds. The van der Waals surface area contributed by atoms with Crippen molar-refractivity contribution in [3.05, 3.63) is 24.5 Å². The summed E-state index contributed by atoms with van der Waals surface area (Å²) in [6.07, 6.45) is 2.79. The highest BCUT2D eigenvalue weighted by Gasteiger charge is 2.45. The zero-order chi connectivity index (χ0) is 22.1. The summed E-state index contributed by atoms with van der Waals surface area (Å²) in [4.78, 5) is 31.4. The van der Waals surface area contributed by atoms with E-state index < -0.39 is 23.6 Å². The maximum Gasteiger partial charge on any atom is 0.248 e.